The number of fused-ring (bicyclic) bond motifs is 1. The number of nitrogens with zero attached hydrogens (tertiary/aromatic N) is 3. The first-order chi connectivity index (χ1) is 9.40. The molecule has 110 valence electrons. The standard InChI is InChI=1S/C16H25N3O/c1-6-16(2,18(3)4)15(20)11-13-12-9-7-8-10-14(12)19(5)17-13/h7-10,15,20H,6,11H2,1-5H3. The Bertz CT molecular complexity index is 590. The molecule has 2 atom stereocenters. The van der Waals surface area contributed by atoms with Crippen molar-refractivity contribution >= 4 is 10.9 Å². The molecule has 0 saturated heterocycles. The Labute approximate surface area is 121 Å². The summed E-state index contributed by atoms with van der Waals surface area (Å²) in [7, 11) is 5.98. The zero-order valence-electron chi connectivity index (χ0n) is 13.1. The van der Waals surface area contributed by atoms with Crippen molar-refractivity contribution in [1.82, 2.24) is 14.7 Å². The molecule has 0 radical (unpaired) electrons. The van der Waals surface area contributed by atoms with Gasteiger partial charge in [-0.25, -0.2) is 0 Å². The molecule has 4 heteroatoms. The Morgan fingerprint density at radius 3 is 2.60 bits per heavy atom. The number of aryl methyl sites for hydroxylation is 1. The molecule has 0 fully saturated rings. The molecule has 0 aliphatic carbocycles. The van der Waals surface area contributed by atoms with Crippen LogP contribution in [0, 0.1) is 0 Å². The molecule has 0 aliphatic heterocycles. The van der Waals surface area contributed by atoms with E-state index in [1.54, 1.807) is 0 Å². The van der Waals surface area contributed by atoms with Gasteiger partial charge in [0.25, 0.3) is 0 Å². The van der Waals surface area contributed by atoms with E-state index in [1.165, 1.54) is 0 Å². The SMILES string of the molecule is CCC(C)(C(O)Cc1nn(C)c2ccccc12)N(C)C. The highest BCUT2D eigenvalue weighted by molar-refractivity contribution is 5.81. The number of likely N-dealkylation sites (N-methyl/N-ethyl adjacent to an activating group) is 1. The van der Waals surface area contributed by atoms with Crippen LogP contribution in [0.3, 0.4) is 0 Å². The average Bonchev–Trinajstić information content (AvgIpc) is 2.75. The highest BCUT2D eigenvalue weighted by atomic mass is 16.3. The summed E-state index contributed by atoms with van der Waals surface area (Å²) < 4.78 is 1.89. The molecule has 1 heterocycles. The first kappa shape index (κ1) is 15.0. The van der Waals surface area contributed by atoms with Crippen molar-refractivity contribution in [2.45, 2.75) is 38.3 Å². The third kappa shape index (κ3) is 2.45. The Hall–Kier alpha value is -1.39. The predicted octanol–water partition coefficient (Wildman–Crippen LogP) is 2.21. The van der Waals surface area contributed by atoms with Gasteiger partial charge >= 0.3 is 0 Å². The lowest BCUT2D eigenvalue weighted by atomic mass is 9.87. The number of hydrogen-bond donors (Lipinski definition) is 1. The van der Waals surface area contributed by atoms with Gasteiger partial charge in [0.15, 0.2) is 0 Å². The number of para-hydroxylation sites is 1. The minimum atomic E-state index is -0.444. The summed E-state index contributed by atoms with van der Waals surface area (Å²) in [6.45, 7) is 4.21. The Morgan fingerprint density at radius 1 is 1.35 bits per heavy atom. The summed E-state index contributed by atoms with van der Waals surface area (Å²) in [5, 5.41) is 16.4. The highest BCUT2D eigenvalue weighted by Gasteiger charge is 2.34. The van der Waals surface area contributed by atoms with Crippen molar-refractivity contribution in [2.24, 2.45) is 7.05 Å². The van der Waals surface area contributed by atoms with E-state index in [0.29, 0.717) is 6.42 Å². The summed E-state index contributed by atoms with van der Waals surface area (Å²) in [4.78, 5) is 2.10. The molecular weight excluding hydrogens is 250 g/mol. The van der Waals surface area contributed by atoms with Crippen LogP contribution in [0.4, 0.5) is 0 Å². The fourth-order valence-electron chi connectivity index (χ4n) is 2.69. The van der Waals surface area contributed by atoms with Gasteiger partial charge in [-0.2, -0.15) is 5.10 Å². The fourth-order valence-corrected chi connectivity index (χ4v) is 2.69. The maximum absolute atomic E-state index is 10.7. The second-order valence-electron chi connectivity index (χ2n) is 5.91. The van der Waals surface area contributed by atoms with Crippen LogP contribution in [0.15, 0.2) is 24.3 Å². The van der Waals surface area contributed by atoms with Crippen LogP contribution in [0.2, 0.25) is 0 Å². The summed E-state index contributed by atoms with van der Waals surface area (Å²) in [5.41, 5.74) is 1.84. The van der Waals surface area contributed by atoms with Crippen molar-refractivity contribution < 1.29 is 5.11 Å². The molecule has 0 amide bonds. The van der Waals surface area contributed by atoms with Crippen molar-refractivity contribution in [3.63, 3.8) is 0 Å². The van der Waals surface area contributed by atoms with E-state index in [9.17, 15) is 5.11 Å². The van der Waals surface area contributed by atoms with Gasteiger partial charge in [0.1, 0.15) is 0 Å². The molecule has 2 rings (SSSR count). The van der Waals surface area contributed by atoms with Gasteiger partial charge in [0.2, 0.25) is 0 Å². The van der Waals surface area contributed by atoms with Crippen LogP contribution in [-0.4, -0.2) is 45.5 Å². The minimum Gasteiger partial charge on any atom is -0.391 e. The molecule has 1 aromatic heterocycles. The van der Waals surface area contributed by atoms with Crippen LogP contribution < -0.4 is 0 Å². The maximum atomic E-state index is 10.7. The second kappa shape index (κ2) is 5.54. The normalized spacial score (nSPS) is 16.6. The second-order valence-corrected chi connectivity index (χ2v) is 5.91. The lowest BCUT2D eigenvalue weighted by molar-refractivity contribution is 0.00258. The van der Waals surface area contributed by atoms with Gasteiger partial charge in [-0.05, 0) is 33.5 Å². The molecule has 0 saturated carbocycles. The maximum Gasteiger partial charge on any atom is 0.0777 e. The molecule has 2 unspecified atom stereocenters. The highest BCUT2D eigenvalue weighted by Crippen LogP contribution is 2.26. The van der Waals surface area contributed by atoms with Crippen LogP contribution in [0.25, 0.3) is 10.9 Å². The molecule has 4 nitrogen and oxygen atoms in total. The van der Waals surface area contributed by atoms with Crippen LogP contribution in [0.1, 0.15) is 26.0 Å². The van der Waals surface area contributed by atoms with Gasteiger partial charge in [-0.1, -0.05) is 25.1 Å². The number of benzene rings is 1. The largest absolute Gasteiger partial charge is 0.391 e. The van der Waals surface area contributed by atoms with Crippen molar-refractivity contribution in [1.29, 1.82) is 0 Å². The van der Waals surface area contributed by atoms with E-state index in [1.807, 2.05) is 38.0 Å². The van der Waals surface area contributed by atoms with Crippen molar-refractivity contribution in [3.8, 4) is 0 Å². The Balaban J connectivity index is 2.33. The third-order valence-corrected chi connectivity index (χ3v) is 4.68. The Morgan fingerprint density at radius 2 is 2.00 bits per heavy atom. The number of hydrogen-bond acceptors (Lipinski definition) is 3. The molecular formula is C16H25N3O. The van der Waals surface area contributed by atoms with Gasteiger partial charge < -0.3 is 10.0 Å². The first-order valence-electron chi connectivity index (χ1n) is 7.16. The molecule has 2 aromatic rings. The molecule has 1 N–H and O–H groups in total. The van der Waals surface area contributed by atoms with Gasteiger partial charge in [0.05, 0.1) is 17.3 Å². The minimum absolute atomic E-state index is 0.237. The van der Waals surface area contributed by atoms with E-state index in [4.69, 9.17) is 0 Å². The first-order valence-corrected chi connectivity index (χ1v) is 7.16. The van der Waals surface area contributed by atoms with E-state index in [-0.39, 0.29) is 5.54 Å². The predicted molar refractivity (Wildman–Crippen MR) is 82.8 cm³/mol. The third-order valence-electron chi connectivity index (χ3n) is 4.68. The molecule has 20 heavy (non-hydrogen) atoms. The average molecular weight is 275 g/mol. The van der Waals surface area contributed by atoms with E-state index in [2.05, 4.69) is 36.0 Å². The lowest BCUT2D eigenvalue weighted by Crippen LogP contribution is -2.51. The molecule has 0 spiro atoms. The topological polar surface area (TPSA) is 41.3 Å². The summed E-state index contributed by atoms with van der Waals surface area (Å²) in [6, 6.07) is 8.16. The number of aliphatic hydroxyl groups is 1. The van der Waals surface area contributed by atoms with E-state index < -0.39 is 6.10 Å². The van der Waals surface area contributed by atoms with Gasteiger partial charge in [-0.3, -0.25) is 4.68 Å². The van der Waals surface area contributed by atoms with E-state index >= 15 is 0 Å². The van der Waals surface area contributed by atoms with Gasteiger partial charge in [0, 0.05) is 24.4 Å². The van der Waals surface area contributed by atoms with Gasteiger partial charge in [-0.15, -0.1) is 0 Å². The molecule has 1 aromatic carbocycles. The lowest BCUT2D eigenvalue weighted by Gasteiger charge is -2.39. The molecule has 0 bridgehead atoms. The smallest absolute Gasteiger partial charge is 0.0777 e. The number of rotatable bonds is 5. The summed E-state index contributed by atoms with van der Waals surface area (Å²) in [5.74, 6) is 0. The van der Waals surface area contributed by atoms with Crippen molar-refractivity contribution in [2.75, 3.05) is 14.1 Å². The Kier molecular flexibility index (Phi) is 4.16. The molecule has 0 aliphatic rings. The zero-order chi connectivity index (χ0) is 14.9. The zero-order valence-corrected chi connectivity index (χ0v) is 13.1. The van der Waals surface area contributed by atoms with Crippen LogP contribution in [-0.2, 0) is 13.5 Å². The number of aromatic nitrogens is 2. The number of aliphatic hydroxyl groups excluding tert-OH is 1. The summed E-state index contributed by atoms with van der Waals surface area (Å²) >= 11 is 0. The fraction of sp³-hybridized carbons (Fsp3) is 0.562. The van der Waals surface area contributed by atoms with Crippen molar-refractivity contribution in [3.05, 3.63) is 30.0 Å². The monoisotopic (exact) mass is 275 g/mol. The van der Waals surface area contributed by atoms with Crippen LogP contribution in [0.5, 0.6) is 0 Å². The summed E-state index contributed by atoms with van der Waals surface area (Å²) in [6.07, 6.45) is 1.02. The van der Waals surface area contributed by atoms with E-state index in [0.717, 1.165) is 23.0 Å². The quantitative estimate of drug-likeness (QED) is 0.909. The van der Waals surface area contributed by atoms with Crippen LogP contribution >= 0.6 is 0 Å².